The molecule has 0 atom stereocenters. The molecule has 0 fully saturated rings. The van der Waals surface area contributed by atoms with E-state index in [1.165, 1.54) is 6.33 Å². The smallest absolute Gasteiger partial charge is 0.138 e. The Morgan fingerprint density at radius 3 is 2.81 bits per heavy atom. The summed E-state index contributed by atoms with van der Waals surface area (Å²) in [6, 6.07) is 13.3. The maximum absolute atomic E-state index is 6.08. The molecule has 21 heavy (non-hydrogen) atoms. The van der Waals surface area contributed by atoms with Crippen molar-refractivity contribution in [1.29, 1.82) is 0 Å². The van der Waals surface area contributed by atoms with E-state index in [1.54, 1.807) is 11.0 Å². The van der Waals surface area contributed by atoms with Gasteiger partial charge in [-0.3, -0.25) is 0 Å². The SMILES string of the molecule is Nc1ccccc1CNc1cc(Cl)ccc1-n1cncn1. The minimum atomic E-state index is 0.606. The Morgan fingerprint density at radius 2 is 2.05 bits per heavy atom. The van der Waals surface area contributed by atoms with E-state index in [4.69, 9.17) is 17.3 Å². The van der Waals surface area contributed by atoms with E-state index in [1.807, 2.05) is 42.5 Å². The highest BCUT2D eigenvalue weighted by molar-refractivity contribution is 6.31. The lowest BCUT2D eigenvalue weighted by Crippen LogP contribution is -2.06. The van der Waals surface area contributed by atoms with Crippen LogP contribution in [0.2, 0.25) is 5.02 Å². The zero-order chi connectivity index (χ0) is 14.7. The predicted octanol–water partition coefficient (Wildman–Crippen LogP) is 3.12. The topological polar surface area (TPSA) is 68.8 Å². The van der Waals surface area contributed by atoms with E-state index in [2.05, 4.69) is 15.4 Å². The summed E-state index contributed by atoms with van der Waals surface area (Å²) in [6.07, 6.45) is 3.14. The summed E-state index contributed by atoms with van der Waals surface area (Å²) in [6.45, 7) is 0.606. The number of anilines is 2. The average Bonchev–Trinajstić information content (AvgIpc) is 3.00. The van der Waals surface area contributed by atoms with Crippen molar-refractivity contribution in [2.75, 3.05) is 11.1 Å². The Labute approximate surface area is 127 Å². The van der Waals surface area contributed by atoms with E-state index >= 15 is 0 Å². The lowest BCUT2D eigenvalue weighted by molar-refractivity contribution is 0.878. The van der Waals surface area contributed by atoms with Crippen molar-refractivity contribution in [1.82, 2.24) is 14.8 Å². The molecule has 0 bridgehead atoms. The summed E-state index contributed by atoms with van der Waals surface area (Å²) < 4.78 is 1.69. The van der Waals surface area contributed by atoms with Crippen LogP contribution in [-0.4, -0.2) is 14.8 Å². The molecule has 0 saturated heterocycles. The minimum Gasteiger partial charge on any atom is -0.398 e. The van der Waals surface area contributed by atoms with Crippen molar-refractivity contribution in [2.24, 2.45) is 0 Å². The van der Waals surface area contributed by atoms with Gasteiger partial charge in [-0.25, -0.2) is 9.67 Å². The Morgan fingerprint density at radius 1 is 1.19 bits per heavy atom. The Hall–Kier alpha value is -2.53. The number of para-hydroxylation sites is 1. The Kier molecular flexibility index (Phi) is 3.75. The molecule has 2 aromatic carbocycles. The quantitative estimate of drug-likeness (QED) is 0.726. The fourth-order valence-electron chi connectivity index (χ4n) is 2.07. The number of halogens is 1. The molecule has 0 saturated carbocycles. The van der Waals surface area contributed by atoms with Crippen molar-refractivity contribution in [3.8, 4) is 5.69 Å². The van der Waals surface area contributed by atoms with Crippen LogP contribution in [0, 0.1) is 0 Å². The van der Waals surface area contributed by atoms with Gasteiger partial charge < -0.3 is 11.1 Å². The predicted molar refractivity (Wildman–Crippen MR) is 84.6 cm³/mol. The largest absolute Gasteiger partial charge is 0.398 e. The minimum absolute atomic E-state index is 0.606. The molecule has 1 heterocycles. The molecule has 3 aromatic rings. The van der Waals surface area contributed by atoms with E-state index < -0.39 is 0 Å². The van der Waals surface area contributed by atoms with Crippen molar-refractivity contribution in [3.05, 3.63) is 65.7 Å². The van der Waals surface area contributed by atoms with Crippen LogP contribution in [0.5, 0.6) is 0 Å². The number of hydrogen-bond donors (Lipinski definition) is 2. The summed E-state index contributed by atoms with van der Waals surface area (Å²) in [5.74, 6) is 0. The second kappa shape index (κ2) is 5.85. The number of hydrogen-bond acceptors (Lipinski definition) is 4. The van der Waals surface area contributed by atoms with Crippen LogP contribution < -0.4 is 11.1 Å². The first kappa shape index (κ1) is 13.5. The molecule has 1 aromatic heterocycles. The Bertz CT molecular complexity index is 740. The number of aromatic nitrogens is 3. The van der Waals surface area contributed by atoms with Crippen LogP contribution in [0.15, 0.2) is 55.1 Å². The molecule has 3 N–H and O–H groups in total. The molecule has 0 spiro atoms. The van der Waals surface area contributed by atoms with Gasteiger partial charge in [-0.15, -0.1) is 0 Å². The standard InChI is InChI=1S/C15H14ClN5/c16-12-5-6-15(21-10-18-9-20-21)14(7-12)19-8-11-3-1-2-4-13(11)17/h1-7,9-10,19H,8,17H2. The lowest BCUT2D eigenvalue weighted by atomic mass is 10.1. The molecule has 0 unspecified atom stereocenters. The van der Waals surface area contributed by atoms with Gasteiger partial charge in [-0.05, 0) is 29.8 Å². The maximum Gasteiger partial charge on any atom is 0.138 e. The van der Waals surface area contributed by atoms with Gasteiger partial charge in [0.05, 0.1) is 11.4 Å². The third-order valence-corrected chi connectivity index (χ3v) is 3.38. The van der Waals surface area contributed by atoms with Crippen LogP contribution in [0.25, 0.3) is 5.69 Å². The van der Waals surface area contributed by atoms with Crippen molar-refractivity contribution < 1.29 is 0 Å². The highest BCUT2D eigenvalue weighted by Gasteiger charge is 2.07. The summed E-state index contributed by atoms with van der Waals surface area (Å²) in [4.78, 5) is 3.97. The van der Waals surface area contributed by atoms with Gasteiger partial charge in [0.1, 0.15) is 12.7 Å². The molecular weight excluding hydrogens is 286 g/mol. The first-order valence-electron chi connectivity index (χ1n) is 6.46. The van der Waals surface area contributed by atoms with E-state index in [0.717, 1.165) is 22.6 Å². The van der Waals surface area contributed by atoms with Gasteiger partial charge in [0, 0.05) is 17.3 Å². The van der Waals surface area contributed by atoms with Crippen LogP contribution in [0.3, 0.4) is 0 Å². The van der Waals surface area contributed by atoms with Gasteiger partial charge >= 0.3 is 0 Å². The molecule has 0 aliphatic carbocycles. The zero-order valence-corrected chi connectivity index (χ0v) is 12.0. The van der Waals surface area contributed by atoms with Gasteiger partial charge in [-0.1, -0.05) is 29.8 Å². The number of nitrogens with one attached hydrogen (secondary N) is 1. The Balaban J connectivity index is 1.88. The summed E-state index contributed by atoms with van der Waals surface area (Å²) in [5.41, 5.74) is 9.49. The third-order valence-electron chi connectivity index (χ3n) is 3.15. The number of rotatable bonds is 4. The van der Waals surface area contributed by atoms with Crippen molar-refractivity contribution >= 4 is 23.0 Å². The molecule has 0 aliphatic rings. The number of benzene rings is 2. The number of nitrogens with zero attached hydrogens (tertiary/aromatic N) is 3. The first-order valence-corrected chi connectivity index (χ1v) is 6.83. The lowest BCUT2D eigenvalue weighted by Gasteiger charge is -2.13. The molecule has 0 aliphatic heterocycles. The highest BCUT2D eigenvalue weighted by atomic mass is 35.5. The third kappa shape index (κ3) is 2.98. The molecule has 106 valence electrons. The maximum atomic E-state index is 6.08. The van der Waals surface area contributed by atoms with E-state index in [0.29, 0.717) is 11.6 Å². The average molecular weight is 300 g/mol. The number of nitrogen functional groups attached to an aromatic ring is 1. The molecular formula is C15H14ClN5. The van der Waals surface area contributed by atoms with Crippen LogP contribution in [-0.2, 0) is 6.54 Å². The van der Waals surface area contributed by atoms with Gasteiger partial charge in [0.25, 0.3) is 0 Å². The second-order valence-electron chi connectivity index (χ2n) is 4.55. The van der Waals surface area contributed by atoms with Crippen LogP contribution >= 0.6 is 11.6 Å². The molecule has 0 radical (unpaired) electrons. The number of nitrogens with two attached hydrogens (primary N) is 1. The monoisotopic (exact) mass is 299 g/mol. The van der Waals surface area contributed by atoms with E-state index in [-0.39, 0.29) is 0 Å². The normalized spacial score (nSPS) is 10.5. The fourth-order valence-corrected chi connectivity index (χ4v) is 2.24. The van der Waals surface area contributed by atoms with Crippen LogP contribution in [0.1, 0.15) is 5.56 Å². The first-order chi connectivity index (χ1) is 10.2. The van der Waals surface area contributed by atoms with Gasteiger partial charge in [0.15, 0.2) is 0 Å². The molecule has 3 rings (SSSR count). The molecule has 0 amide bonds. The summed E-state index contributed by atoms with van der Waals surface area (Å²) in [5, 5.41) is 8.15. The summed E-state index contributed by atoms with van der Waals surface area (Å²) >= 11 is 6.08. The van der Waals surface area contributed by atoms with Gasteiger partial charge in [-0.2, -0.15) is 5.10 Å². The van der Waals surface area contributed by atoms with E-state index in [9.17, 15) is 0 Å². The van der Waals surface area contributed by atoms with Crippen molar-refractivity contribution in [2.45, 2.75) is 6.54 Å². The molecule has 6 heteroatoms. The van der Waals surface area contributed by atoms with Crippen molar-refractivity contribution in [3.63, 3.8) is 0 Å². The zero-order valence-electron chi connectivity index (χ0n) is 11.2. The second-order valence-corrected chi connectivity index (χ2v) is 4.99. The van der Waals surface area contributed by atoms with Gasteiger partial charge in [0.2, 0.25) is 0 Å². The summed E-state index contributed by atoms with van der Waals surface area (Å²) in [7, 11) is 0. The molecule has 5 nitrogen and oxygen atoms in total. The fraction of sp³-hybridized carbons (Fsp3) is 0.0667. The highest BCUT2D eigenvalue weighted by Crippen LogP contribution is 2.25. The van der Waals surface area contributed by atoms with Crippen LogP contribution in [0.4, 0.5) is 11.4 Å².